The van der Waals surface area contributed by atoms with Gasteiger partial charge in [0.1, 0.15) is 18.8 Å². The molecule has 1 aliphatic heterocycles. The van der Waals surface area contributed by atoms with Gasteiger partial charge in [0.2, 0.25) is 0 Å². The highest BCUT2D eigenvalue weighted by atomic mass is 32.2. The number of nitrogens with zero attached hydrogens (tertiary/aromatic N) is 1. The van der Waals surface area contributed by atoms with Gasteiger partial charge >= 0.3 is 0 Å². The molecular formula is C18H19NO5S. The first-order chi connectivity index (χ1) is 12.0. The summed E-state index contributed by atoms with van der Waals surface area (Å²) in [7, 11) is -3.82. The molecule has 0 spiro atoms. The van der Waals surface area contributed by atoms with E-state index in [1.807, 2.05) is 31.2 Å². The van der Waals surface area contributed by atoms with Gasteiger partial charge in [-0.25, -0.2) is 0 Å². The Kier molecular flexibility index (Phi) is 5.17. The fraction of sp³-hybridized carbons (Fsp3) is 0.278. The second-order valence-electron chi connectivity index (χ2n) is 5.79. The fourth-order valence-electron chi connectivity index (χ4n) is 2.69. The lowest BCUT2D eigenvalue weighted by molar-refractivity contribution is -0.115. The van der Waals surface area contributed by atoms with Gasteiger partial charge in [0, 0.05) is 12.1 Å². The maximum atomic E-state index is 12.2. The van der Waals surface area contributed by atoms with Gasteiger partial charge in [-0.2, -0.15) is 8.42 Å². The van der Waals surface area contributed by atoms with Crippen LogP contribution in [0.25, 0.3) is 0 Å². The number of ether oxygens (including phenoxy) is 1. The highest BCUT2D eigenvalue weighted by Crippen LogP contribution is 2.32. The van der Waals surface area contributed by atoms with Crippen LogP contribution in [0.2, 0.25) is 0 Å². The van der Waals surface area contributed by atoms with Gasteiger partial charge in [-0.3, -0.25) is 9.08 Å². The Labute approximate surface area is 147 Å². The van der Waals surface area contributed by atoms with Crippen molar-refractivity contribution in [3.63, 3.8) is 0 Å². The number of hydrogen-bond donors (Lipinski definition) is 0. The summed E-state index contributed by atoms with van der Waals surface area (Å²) in [5.74, 6) is 0.670. The fourth-order valence-corrected chi connectivity index (χ4v) is 3.59. The summed E-state index contributed by atoms with van der Waals surface area (Å²) in [4.78, 5) is 13.3. The number of hydrogen-bond acceptors (Lipinski definition) is 6. The van der Waals surface area contributed by atoms with E-state index in [0.29, 0.717) is 5.75 Å². The lowest BCUT2D eigenvalue weighted by Gasteiger charge is -2.33. The molecule has 0 saturated heterocycles. The molecular weight excluding hydrogens is 342 g/mol. The van der Waals surface area contributed by atoms with Gasteiger partial charge in [0.05, 0.1) is 17.5 Å². The first-order valence-electron chi connectivity index (χ1n) is 7.88. The standard InChI is InChI=1S/C18H19NO5S/c1-14-6-8-15(9-7-14)25(21,22)24-11-10-19-13-23-18-5-3-2-4-16(18)17(19)12-20/h2-9,12,17H,10-11,13H2,1H3. The molecule has 1 unspecified atom stereocenters. The zero-order valence-electron chi connectivity index (χ0n) is 13.8. The molecule has 0 amide bonds. The highest BCUT2D eigenvalue weighted by molar-refractivity contribution is 7.86. The van der Waals surface area contributed by atoms with Crippen LogP contribution in [0.5, 0.6) is 5.75 Å². The Bertz CT molecular complexity index is 848. The van der Waals surface area contributed by atoms with E-state index in [1.165, 1.54) is 12.1 Å². The quantitative estimate of drug-likeness (QED) is 0.581. The van der Waals surface area contributed by atoms with E-state index in [2.05, 4.69) is 0 Å². The van der Waals surface area contributed by atoms with Crippen molar-refractivity contribution < 1.29 is 22.1 Å². The van der Waals surface area contributed by atoms with Gasteiger partial charge in [-0.15, -0.1) is 0 Å². The first kappa shape index (κ1) is 17.6. The van der Waals surface area contributed by atoms with Crippen LogP contribution >= 0.6 is 0 Å². The average molecular weight is 361 g/mol. The third-order valence-corrected chi connectivity index (χ3v) is 5.40. The molecule has 0 aliphatic carbocycles. The minimum absolute atomic E-state index is 0.0634. The van der Waals surface area contributed by atoms with E-state index in [9.17, 15) is 13.2 Å². The summed E-state index contributed by atoms with van der Waals surface area (Å²) in [5.41, 5.74) is 1.74. The van der Waals surface area contributed by atoms with Crippen molar-refractivity contribution in [2.24, 2.45) is 0 Å². The molecule has 0 saturated carbocycles. The molecule has 6 nitrogen and oxygen atoms in total. The molecule has 0 N–H and O–H groups in total. The maximum Gasteiger partial charge on any atom is 0.297 e. The molecule has 0 radical (unpaired) electrons. The number of carbonyl (C=O) groups is 1. The molecule has 0 aromatic heterocycles. The Morgan fingerprint density at radius 2 is 1.92 bits per heavy atom. The minimum atomic E-state index is -3.82. The van der Waals surface area contributed by atoms with E-state index in [0.717, 1.165) is 17.4 Å². The zero-order valence-corrected chi connectivity index (χ0v) is 14.6. The van der Waals surface area contributed by atoms with Gasteiger partial charge in [0.25, 0.3) is 10.1 Å². The number of carbonyl (C=O) groups excluding carboxylic acids is 1. The number of para-hydroxylation sites is 1. The van der Waals surface area contributed by atoms with Gasteiger partial charge in [-0.1, -0.05) is 35.9 Å². The summed E-state index contributed by atoms with van der Waals surface area (Å²) in [6, 6.07) is 13.3. The molecule has 3 rings (SSSR count). The molecule has 132 valence electrons. The molecule has 1 heterocycles. The number of rotatable bonds is 6. The van der Waals surface area contributed by atoms with E-state index in [1.54, 1.807) is 17.0 Å². The smallest absolute Gasteiger partial charge is 0.297 e. The topological polar surface area (TPSA) is 72.9 Å². The van der Waals surface area contributed by atoms with Gasteiger partial charge in [0.15, 0.2) is 0 Å². The van der Waals surface area contributed by atoms with Crippen molar-refractivity contribution >= 4 is 16.4 Å². The van der Waals surface area contributed by atoms with Crippen LogP contribution in [0.3, 0.4) is 0 Å². The Balaban J connectivity index is 1.64. The van der Waals surface area contributed by atoms with Crippen LogP contribution in [0.15, 0.2) is 53.4 Å². The molecule has 0 bridgehead atoms. The Hall–Kier alpha value is -2.22. The van der Waals surface area contributed by atoms with Crippen molar-refractivity contribution in [2.75, 3.05) is 19.9 Å². The number of fused-ring (bicyclic) bond motifs is 1. The minimum Gasteiger partial charge on any atom is -0.478 e. The lowest BCUT2D eigenvalue weighted by Crippen LogP contribution is -2.39. The Morgan fingerprint density at radius 3 is 2.64 bits per heavy atom. The van der Waals surface area contributed by atoms with Crippen LogP contribution in [0, 0.1) is 6.92 Å². The molecule has 2 aromatic carbocycles. The van der Waals surface area contributed by atoms with Gasteiger partial charge < -0.3 is 9.53 Å². The number of aryl methyl sites for hydroxylation is 1. The van der Waals surface area contributed by atoms with E-state index in [-0.39, 0.29) is 24.8 Å². The number of benzene rings is 2. The van der Waals surface area contributed by atoms with Gasteiger partial charge in [-0.05, 0) is 25.1 Å². The molecule has 7 heteroatoms. The van der Waals surface area contributed by atoms with Crippen LogP contribution < -0.4 is 4.74 Å². The highest BCUT2D eigenvalue weighted by Gasteiger charge is 2.28. The van der Waals surface area contributed by atoms with Crippen molar-refractivity contribution in [1.29, 1.82) is 0 Å². The van der Waals surface area contributed by atoms with E-state index < -0.39 is 16.2 Å². The predicted octanol–water partition coefficient (Wildman–Crippen LogP) is 2.29. The molecule has 1 atom stereocenters. The normalized spacial score (nSPS) is 17.6. The van der Waals surface area contributed by atoms with Crippen molar-refractivity contribution in [2.45, 2.75) is 17.9 Å². The van der Waals surface area contributed by atoms with Crippen LogP contribution in [-0.4, -0.2) is 39.5 Å². The largest absolute Gasteiger partial charge is 0.478 e. The van der Waals surface area contributed by atoms with Crippen molar-refractivity contribution in [1.82, 2.24) is 4.90 Å². The predicted molar refractivity (Wildman–Crippen MR) is 91.8 cm³/mol. The maximum absolute atomic E-state index is 12.2. The van der Waals surface area contributed by atoms with E-state index in [4.69, 9.17) is 8.92 Å². The molecule has 1 aliphatic rings. The van der Waals surface area contributed by atoms with Crippen LogP contribution in [0.4, 0.5) is 0 Å². The number of aldehydes is 1. The monoisotopic (exact) mass is 361 g/mol. The van der Waals surface area contributed by atoms with Crippen LogP contribution in [-0.2, 0) is 19.1 Å². The Morgan fingerprint density at radius 1 is 1.20 bits per heavy atom. The molecule has 25 heavy (non-hydrogen) atoms. The second-order valence-corrected chi connectivity index (χ2v) is 7.41. The molecule has 0 fully saturated rings. The lowest BCUT2D eigenvalue weighted by atomic mass is 10.0. The van der Waals surface area contributed by atoms with Crippen molar-refractivity contribution in [3.8, 4) is 5.75 Å². The average Bonchev–Trinajstić information content (AvgIpc) is 2.61. The summed E-state index contributed by atoms with van der Waals surface area (Å²) in [6.45, 7) is 2.27. The van der Waals surface area contributed by atoms with E-state index >= 15 is 0 Å². The SMILES string of the molecule is Cc1ccc(S(=O)(=O)OCCN2COc3ccccc3C2C=O)cc1. The summed E-state index contributed by atoms with van der Waals surface area (Å²) < 4.78 is 35.1. The second kappa shape index (κ2) is 7.35. The zero-order chi connectivity index (χ0) is 17.9. The summed E-state index contributed by atoms with van der Waals surface area (Å²) >= 11 is 0. The first-order valence-corrected chi connectivity index (χ1v) is 9.29. The third kappa shape index (κ3) is 3.89. The third-order valence-electron chi connectivity index (χ3n) is 4.07. The van der Waals surface area contributed by atoms with Crippen LogP contribution in [0.1, 0.15) is 17.2 Å². The molecule has 2 aromatic rings. The summed E-state index contributed by atoms with van der Waals surface area (Å²) in [6.07, 6.45) is 0.829. The van der Waals surface area contributed by atoms with Crippen molar-refractivity contribution in [3.05, 3.63) is 59.7 Å². The summed E-state index contributed by atoms with van der Waals surface area (Å²) in [5, 5.41) is 0.